The number of hydrogen-bond donors (Lipinski definition) is 4. The number of piperidine rings is 1. The molecule has 1 heterocycles. The quantitative estimate of drug-likeness (QED) is 0.304. The lowest BCUT2D eigenvalue weighted by Crippen LogP contribution is -2.53. The number of halogens is 1. The predicted octanol–water partition coefficient (Wildman–Crippen LogP) is 4.44. The van der Waals surface area contributed by atoms with Crippen molar-refractivity contribution in [3.05, 3.63) is 34.9 Å². The number of ether oxygens (including phenoxy) is 1. The maximum atomic E-state index is 13.2. The lowest BCUT2D eigenvalue weighted by molar-refractivity contribution is -0.0563. The molecule has 4 N–H and O–H groups in total. The molecule has 7 nitrogen and oxygen atoms in total. The van der Waals surface area contributed by atoms with E-state index in [0.29, 0.717) is 44.1 Å². The monoisotopic (exact) mass is 523 g/mol. The molecule has 2 amide bonds. The first-order valence-electron chi connectivity index (χ1n) is 13.7. The first kappa shape index (κ1) is 29.2. The Morgan fingerprint density at radius 1 is 1.28 bits per heavy atom. The summed E-state index contributed by atoms with van der Waals surface area (Å²) >= 11 is 6.29. The van der Waals surface area contributed by atoms with Crippen LogP contribution in [0.4, 0.5) is 4.79 Å². The van der Waals surface area contributed by atoms with Gasteiger partial charge in [-0.1, -0.05) is 43.0 Å². The molecular formula is C28H46ClN3O4. The lowest BCUT2D eigenvalue weighted by atomic mass is 9.74. The van der Waals surface area contributed by atoms with Crippen molar-refractivity contribution >= 4 is 17.6 Å². The number of benzene rings is 1. The van der Waals surface area contributed by atoms with Gasteiger partial charge in [0.15, 0.2) is 0 Å². The number of methoxy groups -OCH3 is 1. The molecule has 3 rings (SSSR count). The molecule has 2 fully saturated rings. The highest BCUT2D eigenvalue weighted by atomic mass is 35.5. The summed E-state index contributed by atoms with van der Waals surface area (Å²) in [4.78, 5) is 15.0. The van der Waals surface area contributed by atoms with E-state index in [2.05, 4.69) is 10.6 Å². The molecule has 3 atom stereocenters. The second kappa shape index (κ2) is 14.0. The minimum absolute atomic E-state index is 0.0156. The minimum atomic E-state index is -1.06. The third-order valence-corrected chi connectivity index (χ3v) is 8.42. The van der Waals surface area contributed by atoms with Crippen LogP contribution < -0.4 is 10.6 Å². The van der Waals surface area contributed by atoms with Crippen molar-refractivity contribution in [1.82, 2.24) is 15.5 Å². The first-order chi connectivity index (χ1) is 17.3. The standard InChI is InChI=1S/C28H46ClN3O4/c1-30-25(19-27(34)13-4-3-5-14-27)20-31-26(33)32-16-9-11-23(21-32)28(35,15-6-7-17-36-2)22-10-8-12-24(29)18-22/h8,10,12,18,23,25,30,34-35H,3-7,9,11,13-17,19-21H2,1-2H3,(H,31,33)/t23-,25+,28-/m1/s1. The van der Waals surface area contributed by atoms with E-state index >= 15 is 0 Å². The van der Waals surface area contributed by atoms with E-state index in [-0.39, 0.29) is 18.0 Å². The molecule has 204 valence electrons. The van der Waals surface area contributed by atoms with Crippen LogP contribution in [0.3, 0.4) is 0 Å². The maximum absolute atomic E-state index is 13.2. The summed E-state index contributed by atoms with van der Waals surface area (Å²) in [5, 5.41) is 29.9. The van der Waals surface area contributed by atoms with Gasteiger partial charge in [0.1, 0.15) is 0 Å². The topological polar surface area (TPSA) is 94.1 Å². The van der Waals surface area contributed by atoms with Crippen molar-refractivity contribution in [1.29, 1.82) is 0 Å². The van der Waals surface area contributed by atoms with Crippen molar-refractivity contribution in [2.24, 2.45) is 5.92 Å². The predicted molar refractivity (Wildman–Crippen MR) is 144 cm³/mol. The van der Waals surface area contributed by atoms with Gasteiger partial charge in [0.2, 0.25) is 0 Å². The van der Waals surface area contributed by atoms with Crippen LogP contribution in [0.2, 0.25) is 5.02 Å². The molecule has 0 bridgehead atoms. The number of carbonyl (C=O) groups excluding carboxylic acids is 1. The van der Waals surface area contributed by atoms with Crippen LogP contribution in [0.15, 0.2) is 24.3 Å². The van der Waals surface area contributed by atoms with E-state index in [1.807, 2.05) is 36.2 Å². The highest BCUT2D eigenvalue weighted by Crippen LogP contribution is 2.40. The van der Waals surface area contributed by atoms with E-state index in [4.69, 9.17) is 16.3 Å². The van der Waals surface area contributed by atoms with Gasteiger partial charge in [-0.05, 0) is 76.1 Å². The van der Waals surface area contributed by atoms with E-state index in [1.54, 1.807) is 7.11 Å². The second-order valence-electron chi connectivity index (χ2n) is 10.8. The van der Waals surface area contributed by atoms with Gasteiger partial charge in [-0.2, -0.15) is 0 Å². The molecule has 0 unspecified atom stereocenters. The molecular weight excluding hydrogens is 478 g/mol. The number of urea groups is 1. The van der Waals surface area contributed by atoms with Crippen LogP contribution >= 0.6 is 11.6 Å². The third kappa shape index (κ3) is 8.06. The van der Waals surface area contributed by atoms with Gasteiger partial charge >= 0.3 is 6.03 Å². The number of nitrogens with one attached hydrogen (secondary N) is 2. The highest BCUT2D eigenvalue weighted by Gasteiger charge is 2.41. The summed E-state index contributed by atoms with van der Waals surface area (Å²) in [5.41, 5.74) is -0.881. The molecule has 1 aromatic rings. The Kier molecular flexibility index (Phi) is 11.3. The molecule has 0 radical (unpaired) electrons. The molecule has 1 aliphatic heterocycles. The molecule has 1 saturated carbocycles. The number of likely N-dealkylation sites (tertiary alicyclic amines) is 1. The Hall–Kier alpha value is -1.38. The van der Waals surface area contributed by atoms with Gasteiger partial charge in [0.05, 0.1) is 11.2 Å². The fourth-order valence-corrected chi connectivity index (χ4v) is 6.20. The van der Waals surface area contributed by atoms with Gasteiger partial charge in [-0.3, -0.25) is 0 Å². The number of rotatable bonds is 12. The number of likely N-dealkylation sites (N-methyl/N-ethyl adjacent to an activating group) is 1. The molecule has 2 aliphatic rings. The molecule has 0 aromatic heterocycles. The van der Waals surface area contributed by atoms with Gasteiger partial charge in [-0.15, -0.1) is 0 Å². The van der Waals surface area contributed by atoms with Crippen LogP contribution in [-0.2, 0) is 10.3 Å². The molecule has 8 heteroatoms. The zero-order valence-electron chi connectivity index (χ0n) is 22.1. The summed E-state index contributed by atoms with van der Waals surface area (Å²) in [6.45, 7) is 2.29. The summed E-state index contributed by atoms with van der Waals surface area (Å²) < 4.78 is 5.20. The number of amides is 2. The zero-order chi connectivity index (χ0) is 26.0. The van der Waals surface area contributed by atoms with Crippen molar-refractivity contribution in [3.63, 3.8) is 0 Å². The summed E-state index contributed by atoms with van der Waals surface area (Å²) in [6.07, 6.45) is 9.61. The number of carbonyl (C=O) groups is 1. The van der Waals surface area contributed by atoms with Gasteiger partial charge in [-0.25, -0.2) is 4.79 Å². The van der Waals surface area contributed by atoms with Gasteiger partial charge in [0.25, 0.3) is 0 Å². The number of hydrogen-bond acceptors (Lipinski definition) is 5. The second-order valence-corrected chi connectivity index (χ2v) is 11.3. The van der Waals surface area contributed by atoms with Crippen LogP contribution in [-0.4, -0.2) is 73.2 Å². The van der Waals surface area contributed by atoms with E-state index < -0.39 is 11.2 Å². The van der Waals surface area contributed by atoms with E-state index in [0.717, 1.165) is 56.9 Å². The maximum Gasteiger partial charge on any atom is 0.317 e. The van der Waals surface area contributed by atoms with E-state index in [9.17, 15) is 15.0 Å². The molecule has 1 aliphatic carbocycles. The largest absolute Gasteiger partial charge is 0.390 e. The Labute approximate surface area is 221 Å². The summed E-state index contributed by atoms with van der Waals surface area (Å²) in [6, 6.07) is 7.40. The first-order valence-corrected chi connectivity index (χ1v) is 14.1. The Balaban J connectivity index is 1.62. The normalized spacial score (nSPS) is 22.6. The SMILES string of the molecule is CN[C@H](CNC(=O)N1CCC[C@@H]([C@@](O)(CCCCOC)c2cccc(Cl)c2)C1)CC1(O)CCCCC1. The van der Waals surface area contributed by atoms with Crippen LogP contribution in [0.25, 0.3) is 0 Å². The fraction of sp³-hybridized carbons (Fsp3) is 0.750. The number of unbranched alkanes of at least 4 members (excludes halogenated alkanes) is 1. The van der Waals surface area contributed by atoms with Crippen molar-refractivity contribution in [2.75, 3.05) is 40.4 Å². The number of nitrogens with zero attached hydrogens (tertiary/aromatic N) is 1. The summed E-state index contributed by atoms with van der Waals surface area (Å²) in [7, 11) is 3.57. The number of aliphatic hydroxyl groups is 2. The van der Waals surface area contributed by atoms with Gasteiger partial charge in [0, 0.05) is 50.3 Å². The Morgan fingerprint density at radius 2 is 2.06 bits per heavy atom. The highest BCUT2D eigenvalue weighted by molar-refractivity contribution is 6.30. The summed E-state index contributed by atoms with van der Waals surface area (Å²) in [5.74, 6) is -0.0824. The molecule has 36 heavy (non-hydrogen) atoms. The van der Waals surface area contributed by atoms with Crippen molar-refractivity contribution in [2.45, 2.75) is 87.9 Å². The smallest absolute Gasteiger partial charge is 0.317 e. The third-order valence-electron chi connectivity index (χ3n) is 8.18. The Morgan fingerprint density at radius 3 is 2.75 bits per heavy atom. The van der Waals surface area contributed by atoms with Gasteiger partial charge < -0.3 is 30.5 Å². The van der Waals surface area contributed by atoms with E-state index in [1.165, 1.54) is 6.42 Å². The molecule has 1 aromatic carbocycles. The van der Waals surface area contributed by atoms with Crippen LogP contribution in [0.1, 0.15) is 76.2 Å². The van der Waals surface area contributed by atoms with Crippen LogP contribution in [0, 0.1) is 5.92 Å². The van der Waals surface area contributed by atoms with Crippen molar-refractivity contribution < 1.29 is 19.7 Å². The minimum Gasteiger partial charge on any atom is -0.390 e. The zero-order valence-corrected chi connectivity index (χ0v) is 22.9. The average molecular weight is 524 g/mol. The molecule has 0 spiro atoms. The fourth-order valence-electron chi connectivity index (χ4n) is 6.01. The molecule has 1 saturated heterocycles. The van der Waals surface area contributed by atoms with Crippen molar-refractivity contribution in [3.8, 4) is 0 Å². The lowest BCUT2D eigenvalue weighted by Gasteiger charge is -2.43. The Bertz CT molecular complexity index is 820. The average Bonchev–Trinajstić information content (AvgIpc) is 2.89. The van der Waals surface area contributed by atoms with Crippen LogP contribution in [0.5, 0.6) is 0 Å².